The zero-order valence-corrected chi connectivity index (χ0v) is 14.4. The maximum atomic E-state index is 12.2. The molecule has 0 radical (unpaired) electrons. The SMILES string of the molecule is CN(C)c1ccc(CNC(=O)CN(C)c2ncnc3nc[nH]c23)cn1. The van der Waals surface area contributed by atoms with Gasteiger partial charge in [0.1, 0.15) is 17.7 Å². The summed E-state index contributed by atoms with van der Waals surface area (Å²) < 4.78 is 0. The lowest BCUT2D eigenvalue weighted by atomic mass is 10.2. The zero-order valence-electron chi connectivity index (χ0n) is 14.4. The van der Waals surface area contributed by atoms with Crippen molar-refractivity contribution in [3.63, 3.8) is 0 Å². The molecule has 2 N–H and O–H groups in total. The van der Waals surface area contributed by atoms with Crippen molar-refractivity contribution >= 4 is 28.7 Å². The normalized spacial score (nSPS) is 10.7. The molecule has 0 spiro atoms. The maximum absolute atomic E-state index is 12.2. The lowest BCUT2D eigenvalue weighted by molar-refractivity contribution is -0.119. The molecule has 0 fully saturated rings. The Morgan fingerprint density at radius 1 is 1.16 bits per heavy atom. The largest absolute Gasteiger partial charge is 0.363 e. The topological polar surface area (TPSA) is 103 Å². The van der Waals surface area contributed by atoms with Crippen molar-refractivity contribution in [1.82, 2.24) is 30.2 Å². The molecular weight excluding hydrogens is 320 g/mol. The average molecular weight is 340 g/mol. The molecule has 9 nitrogen and oxygen atoms in total. The molecule has 3 aromatic heterocycles. The number of likely N-dealkylation sites (N-methyl/N-ethyl adjacent to an activating group) is 1. The van der Waals surface area contributed by atoms with E-state index in [0.29, 0.717) is 23.5 Å². The van der Waals surface area contributed by atoms with Crippen molar-refractivity contribution < 1.29 is 4.79 Å². The molecule has 3 rings (SSSR count). The second kappa shape index (κ2) is 7.12. The Balaban J connectivity index is 1.58. The van der Waals surface area contributed by atoms with Crippen LogP contribution in [0.4, 0.5) is 11.6 Å². The number of pyridine rings is 1. The molecule has 130 valence electrons. The standard InChI is InChI=1S/C16H20N8O/c1-23(2)12-5-4-11(6-17-12)7-18-13(25)8-24(3)16-14-15(20-9-19-14)21-10-22-16/h4-6,9-10H,7-8H2,1-3H3,(H,18,25)(H,19,20,21,22). The van der Waals surface area contributed by atoms with Crippen LogP contribution in [-0.4, -0.2) is 58.5 Å². The van der Waals surface area contributed by atoms with Crippen molar-refractivity contribution in [2.24, 2.45) is 0 Å². The van der Waals surface area contributed by atoms with Crippen LogP contribution >= 0.6 is 0 Å². The number of carbonyl (C=O) groups is 1. The van der Waals surface area contributed by atoms with Gasteiger partial charge < -0.3 is 20.1 Å². The number of hydrogen-bond donors (Lipinski definition) is 2. The number of aromatic nitrogens is 5. The summed E-state index contributed by atoms with van der Waals surface area (Å²) in [7, 11) is 5.67. The van der Waals surface area contributed by atoms with E-state index in [9.17, 15) is 4.79 Å². The average Bonchev–Trinajstić information content (AvgIpc) is 3.08. The summed E-state index contributed by atoms with van der Waals surface area (Å²) in [4.78, 5) is 35.6. The third kappa shape index (κ3) is 3.82. The summed E-state index contributed by atoms with van der Waals surface area (Å²) >= 11 is 0. The molecule has 0 unspecified atom stereocenters. The number of imidazole rings is 1. The van der Waals surface area contributed by atoms with Crippen LogP contribution < -0.4 is 15.1 Å². The molecule has 0 aliphatic rings. The van der Waals surface area contributed by atoms with Gasteiger partial charge in [0.2, 0.25) is 5.91 Å². The first kappa shape index (κ1) is 16.6. The van der Waals surface area contributed by atoms with Gasteiger partial charge in [-0.3, -0.25) is 4.79 Å². The predicted molar refractivity (Wildman–Crippen MR) is 95.4 cm³/mol. The molecule has 3 heterocycles. The molecule has 0 aromatic carbocycles. The van der Waals surface area contributed by atoms with E-state index in [-0.39, 0.29) is 12.5 Å². The van der Waals surface area contributed by atoms with Crippen LogP contribution in [0.5, 0.6) is 0 Å². The number of hydrogen-bond acceptors (Lipinski definition) is 7. The molecule has 0 atom stereocenters. The fraction of sp³-hybridized carbons (Fsp3) is 0.312. The fourth-order valence-corrected chi connectivity index (χ4v) is 2.37. The van der Waals surface area contributed by atoms with Gasteiger partial charge in [0.25, 0.3) is 0 Å². The number of anilines is 2. The Morgan fingerprint density at radius 2 is 2.00 bits per heavy atom. The van der Waals surface area contributed by atoms with Crippen LogP contribution in [0.1, 0.15) is 5.56 Å². The number of rotatable bonds is 6. The smallest absolute Gasteiger partial charge is 0.239 e. The minimum atomic E-state index is -0.106. The molecule has 9 heteroatoms. The minimum absolute atomic E-state index is 0.106. The lowest BCUT2D eigenvalue weighted by Crippen LogP contribution is -2.35. The van der Waals surface area contributed by atoms with E-state index in [2.05, 4.69) is 30.2 Å². The van der Waals surface area contributed by atoms with E-state index < -0.39 is 0 Å². The number of aromatic amines is 1. The van der Waals surface area contributed by atoms with Crippen molar-refractivity contribution in [2.45, 2.75) is 6.54 Å². The first-order valence-corrected chi connectivity index (χ1v) is 7.79. The summed E-state index contributed by atoms with van der Waals surface area (Å²) in [5.74, 6) is 1.40. The second-order valence-electron chi connectivity index (χ2n) is 5.85. The van der Waals surface area contributed by atoms with Crippen LogP contribution in [0.15, 0.2) is 31.0 Å². The summed E-state index contributed by atoms with van der Waals surface area (Å²) in [5.41, 5.74) is 2.23. The first-order valence-electron chi connectivity index (χ1n) is 7.79. The highest BCUT2D eigenvalue weighted by Gasteiger charge is 2.13. The summed E-state index contributed by atoms with van der Waals surface area (Å²) in [6.07, 6.45) is 4.75. The van der Waals surface area contributed by atoms with Crippen LogP contribution in [0, 0.1) is 0 Å². The van der Waals surface area contributed by atoms with Gasteiger partial charge in [-0.2, -0.15) is 0 Å². The van der Waals surface area contributed by atoms with E-state index in [0.717, 1.165) is 11.4 Å². The Bertz CT molecular complexity index is 858. The van der Waals surface area contributed by atoms with Gasteiger partial charge in [0.05, 0.1) is 12.9 Å². The van der Waals surface area contributed by atoms with E-state index in [1.807, 2.05) is 31.1 Å². The number of amides is 1. The Labute approximate surface area is 145 Å². The van der Waals surface area contributed by atoms with Crippen LogP contribution in [-0.2, 0) is 11.3 Å². The molecular formula is C16H20N8O. The first-order chi connectivity index (χ1) is 12.0. The third-order valence-electron chi connectivity index (χ3n) is 3.70. The molecule has 1 amide bonds. The van der Waals surface area contributed by atoms with E-state index in [1.54, 1.807) is 24.5 Å². The van der Waals surface area contributed by atoms with Crippen LogP contribution in [0.3, 0.4) is 0 Å². The minimum Gasteiger partial charge on any atom is -0.363 e. The maximum Gasteiger partial charge on any atom is 0.239 e. The Morgan fingerprint density at radius 3 is 2.72 bits per heavy atom. The number of H-pyrrole nitrogens is 1. The van der Waals surface area contributed by atoms with Crippen molar-refractivity contribution in [3.8, 4) is 0 Å². The molecule has 25 heavy (non-hydrogen) atoms. The molecule has 0 saturated carbocycles. The van der Waals surface area contributed by atoms with Gasteiger partial charge in [-0.15, -0.1) is 0 Å². The Hall–Kier alpha value is -3.23. The van der Waals surface area contributed by atoms with Gasteiger partial charge in [-0.05, 0) is 11.6 Å². The third-order valence-corrected chi connectivity index (χ3v) is 3.70. The zero-order chi connectivity index (χ0) is 17.8. The number of fused-ring (bicyclic) bond motifs is 1. The fourth-order valence-electron chi connectivity index (χ4n) is 2.37. The highest BCUT2D eigenvalue weighted by Crippen LogP contribution is 2.17. The van der Waals surface area contributed by atoms with E-state index in [4.69, 9.17) is 0 Å². The quantitative estimate of drug-likeness (QED) is 0.676. The van der Waals surface area contributed by atoms with Crippen molar-refractivity contribution in [1.29, 1.82) is 0 Å². The second-order valence-corrected chi connectivity index (χ2v) is 5.85. The van der Waals surface area contributed by atoms with Gasteiger partial charge in [0.15, 0.2) is 11.5 Å². The number of nitrogens with one attached hydrogen (secondary N) is 2. The monoisotopic (exact) mass is 340 g/mol. The number of nitrogens with zero attached hydrogens (tertiary/aromatic N) is 6. The van der Waals surface area contributed by atoms with Crippen molar-refractivity contribution in [3.05, 3.63) is 36.5 Å². The molecule has 0 saturated heterocycles. The molecule has 0 aliphatic heterocycles. The van der Waals surface area contributed by atoms with Crippen LogP contribution in [0.25, 0.3) is 11.2 Å². The van der Waals surface area contributed by atoms with Crippen molar-refractivity contribution in [2.75, 3.05) is 37.5 Å². The number of carbonyl (C=O) groups excluding carboxylic acids is 1. The molecule has 0 aliphatic carbocycles. The van der Waals surface area contributed by atoms with Gasteiger partial charge in [0, 0.05) is 33.9 Å². The summed E-state index contributed by atoms with van der Waals surface area (Å²) in [6, 6.07) is 3.87. The Kier molecular flexibility index (Phi) is 4.73. The van der Waals surface area contributed by atoms with E-state index in [1.165, 1.54) is 6.33 Å². The summed E-state index contributed by atoms with van der Waals surface area (Å²) in [6.45, 7) is 0.602. The molecule has 3 aromatic rings. The lowest BCUT2D eigenvalue weighted by Gasteiger charge is -2.18. The highest BCUT2D eigenvalue weighted by molar-refractivity contribution is 5.86. The van der Waals surface area contributed by atoms with Crippen LogP contribution in [0.2, 0.25) is 0 Å². The van der Waals surface area contributed by atoms with E-state index >= 15 is 0 Å². The van der Waals surface area contributed by atoms with Gasteiger partial charge in [-0.1, -0.05) is 6.07 Å². The highest BCUT2D eigenvalue weighted by atomic mass is 16.2. The predicted octanol–water partition coefficient (Wildman–Crippen LogP) is 0.567. The van der Waals surface area contributed by atoms with Gasteiger partial charge in [-0.25, -0.2) is 19.9 Å². The van der Waals surface area contributed by atoms with Gasteiger partial charge >= 0.3 is 0 Å². The summed E-state index contributed by atoms with van der Waals surface area (Å²) in [5, 5.41) is 2.89. The molecule has 0 bridgehead atoms.